The molecule has 0 radical (unpaired) electrons. The summed E-state index contributed by atoms with van der Waals surface area (Å²) >= 11 is 0. The van der Waals surface area contributed by atoms with E-state index in [1.54, 1.807) is 36.4 Å². The van der Waals surface area contributed by atoms with Gasteiger partial charge in [-0.3, -0.25) is 9.59 Å². The van der Waals surface area contributed by atoms with E-state index in [0.29, 0.717) is 30.4 Å². The molecular formula is C25H27NO6. The Morgan fingerprint density at radius 2 is 1.78 bits per heavy atom. The van der Waals surface area contributed by atoms with E-state index in [9.17, 15) is 19.5 Å². The Morgan fingerprint density at radius 1 is 1.06 bits per heavy atom. The van der Waals surface area contributed by atoms with E-state index in [0.717, 1.165) is 17.7 Å². The van der Waals surface area contributed by atoms with Gasteiger partial charge in [0.1, 0.15) is 5.75 Å². The lowest BCUT2D eigenvalue weighted by atomic mass is 10.1. The zero-order valence-electron chi connectivity index (χ0n) is 18.5. The van der Waals surface area contributed by atoms with E-state index in [2.05, 4.69) is 0 Å². The van der Waals surface area contributed by atoms with E-state index in [1.165, 1.54) is 12.1 Å². The summed E-state index contributed by atoms with van der Waals surface area (Å²) in [4.78, 5) is 38.9. The molecule has 1 aliphatic heterocycles. The largest absolute Gasteiger partial charge is 0.502 e. The quantitative estimate of drug-likeness (QED) is 0.352. The van der Waals surface area contributed by atoms with Gasteiger partial charge in [0.25, 0.3) is 5.91 Å². The zero-order chi connectivity index (χ0) is 23.3. The van der Waals surface area contributed by atoms with Crippen molar-refractivity contribution in [3.05, 3.63) is 65.4 Å². The molecule has 1 aliphatic rings. The summed E-state index contributed by atoms with van der Waals surface area (Å²) in [6.45, 7) is 6.91. The molecule has 0 saturated carbocycles. The van der Waals surface area contributed by atoms with Crippen LogP contribution in [0.25, 0.3) is 5.57 Å². The van der Waals surface area contributed by atoms with Crippen molar-refractivity contribution in [3.63, 3.8) is 0 Å². The van der Waals surface area contributed by atoms with E-state index in [4.69, 9.17) is 9.47 Å². The van der Waals surface area contributed by atoms with Crippen molar-refractivity contribution in [1.29, 1.82) is 0 Å². The third kappa shape index (κ3) is 4.99. The van der Waals surface area contributed by atoms with Crippen molar-refractivity contribution in [2.24, 2.45) is 5.92 Å². The van der Waals surface area contributed by atoms with Crippen molar-refractivity contribution in [1.82, 2.24) is 0 Å². The van der Waals surface area contributed by atoms with Crippen molar-refractivity contribution >= 4 is 29.0 Å². The maximum atomic E-state index is 13.1. The Hall–Kier alpha value is -3.61. The lowest BCUT2D eigenvalue weighted by Gasteiger charge is -2.15. The first-order valence-corrected chi connectivity index (χ1v) is 10.7. The number of unbranched alkanes of at least 4 members (excludes halogenated alkanes) is 1. The highest BCUT2D eigenvalue weighted by Crippen LogP contribution is 2.33. The molecule has 2 aromatic rings. The second-order valence-corrected chi connectivity index (χ2v) is 7.94. The van der Waals surface area contributed by atoms with Gasteiger partial charge in [0.05, 0.1) is 30.0 Å². The van der Waals surface area contributed by atoms with Crippen LogP contribution >= 0.6 is 0 Å². The number of aliphatic hydroxyl groups is 1. The Balaban J connectivity index is 1.81. The van der Waals surface area contributed by atoms with Gasteiger partial charge in [0, 0.05) is 0 Å². The summed E-state index contributed by atoms with van der Waals surface area (Å²) in [6, 6.07) is 12.7. The van der Waals surface area contributed by atoms with Gasteiger partial charge in [-0.1, -0.05) is 45.4 Å². The normalized spacial score (nSPS) is 13.8. The van der Waals surface area contributed by atoms with Gasteiger partial charge in [-0.15, -0.1) is 0 Å². The number of benzene rings is 2. The van der Waals surface area contributed by atoms with Gasteiger partial charge in [-0.2, -0.15) is 0 Å². The molecule has 2 amide bonds. The molecule has 168 valence electrons. The van der Waals surface area contributed by atoms with Gasteiger partial charge < -0.3 is 14.6 Å². The van der Waals surface area contributed by atoms with Crippen LogP contribution in [-0.2, 0) is 14.3 Å². The molecule has 0 fully saturated rings. The molecule has 0 saturated heterocycles. The molecule has 1 N–H and O–H groups in total. The van der Waals surface area contributed by atoms with Crippen molar-refractivity contribution in [3.8, 4) is 5.75 Å². The fourth-order valence-electron chi connectivity index (χ4n) is 3.16. The minimum atomic E-state index is -0.846. The minimum Gasteiger partial charge on any atom is -0.502 e. The number of amides is 2. The fourth-order valence-corrected chi connectivity index (χ4v) is 3.16. The molecule has 0 atom stereocenters. The Labute approximate surface area is 187 Å². The lowest BCUT2D eigenvalue weighted by molar-refractivity contribution is -0.121. The predicted octanol–water partition coefficient (Wildman–Crippen LogP) is 4.52. The molecule has 3 rings (SSSR count). The van der Waals surface area contributed by atoms with E-state index < -0.39 is 23.5 Å². The number of carbonyl (C=O) groups is 3. The Kier molecular flexibility index (Phi) is 7.30. The standard InChI is InChI=1S/C25H27NO6/c1-4-5-13-31-25(30)18-7-6-8-19(14-18)26-23(28)21(22(27)24(26)29)17-9-11-20(12-10-17)32-15-16(2)3/h6-12,14,16,27H,4-5,13,15H2,1-3H3. The average Bonchev–Trinajstić information content (AvgIpc) is 3.01. The van der Waals surface area contributed by atoms with Crippen LogP contribution in [0.3, 0.4) is 0 Å². The van der Waals surface area contributed by atoms with Crippen LogP contribution in [0.1, 0.15) is 49.5 Å². The first-order chi connectivity index (χ1) is 15.3. The molecule has 0 aliphatic carbocycles. The smallest absolute Gasteiger partial charge is 0.338 e. The van der Waals surface area contributed by atoms with E-state index in [1.807, 2.05) is 20.8 Å². The van der Waals surface area contributed by atoms with Crippen LogP contribution < -0.4 is 9.64 Å². The van der Waals surface area contributed by atoms with Crippen LogP contribution in [0, 0.1) is 5.92 Å². The highest BCUT2D eigenvalue weighted by atomic mass is 16.5. The van der Waals surface area contributed by atoms with Gasteiger partial charge in [-0.05, 0) is 48.2 Å². The molecule has 0 unspecified atom stereocenters. The summed E-state index contributed by atoms with van der Waals surface area (Å²) in [6.07, 6.45) is 1.64. The first-order valence-electron chi connectivity index (χ1n) is 10.7. The molecule has 0 bridgehead atoms. The second kappa shape index (κ2) is 10.1. The van der Waals surface area contributed by atoms with Crippen LogP contribution in [0.5, 0.6) is 5.75 Å². The zero-order valence-corrected chi connectivity index (χ0v) is 18.5. The number of anilines is 1. The van der Waals surface area contributed by atoms with Crippen molar-refractivity contribution < 1.29 is 29.0 Å². The number of carbonyl (C=O) groups excluding carboxylic acids is 3. The van der Waals surface area contributed by atoms with Gasteiger partial charge in [0.2, 0.25) is 0 Å². The minimum absolute atomic E-state index is 0.0960. The number of ether oxygens (including phenoxy) is 2. The summed E-state index contributed by atoms with van der Waals surface area (Å²) in [7, 11) is 0. The van der Waals surface area contributed by atoms with Crippen LogP contribution in [0.4, 0.5) is 5.69 Å². The number of aliphatic hydroxyl groups excluding tert-OH is 1. The monoisotopic (exact) mass is 437 g/mol. The summed E-state index contributed by atoms with van der Waals surface area (Å²) in [5, 5.41) is 10.4. The molecule has 7 nitrogen and oxygen atoms in total. The molecular weight excluding hydrogens is 410 g/mol. The summed E-state index contributed by atoms with van der Waals surface area (Å²) in [5.41, 5.74) is 0.707. The van der Waals surface area contributed by atoms with Crippen LogP contribution in [0.2, 0.25) is 0 Å². The van der Waals surface area contributed by atoms with Gasteiger partial charge in [0.15, 0.2) is 5.76 Å². The number of rotatable bonds is 9. The number of nitrogens with zero attached hydrogens (tertiary/aromatic N) is 1. The van der Waals surface area contributed by atoms with Crippen molar-refractivity contribution in [2.45, 2.75) is 33.6 Å². The molecule has 0 spiro atoms. The second-order valence-electron chi connectivity index (χ2n) is 7.94. The molecule has 0 aromatic heterocycles. The van der Waals surface area contributed by atoms with Gasteiger partial charge >= 0.3 is 11.9 Å². The molecule has 7 heteroatoms. The van der Waals surface area contributed by atoms with E-state index >= 15 is 0 Å². The average molecular weight is 437 g/mol. The predicted molar refractivity (Wildman–Crippen MR) is 120 cm³/mol. The van der Waals surface area contributed by atoms with Crippen molar-refractivity contribution in [2.75, 3.05) is 18.1 Å². The first kappa shape index (κ1) is 23.1. The number of esters is 1. The van der Waals surface area contributed by atoms with Crippen LogP contribution in [-0.4, -0.2) is 36.1 Å². The van der Waals surface area contributed by atoms with Gasteiger partial charge in [-0.25, -0.2) is 9.69 Å². The maximum absolute atomic E-state index is 13.1. The lowest BCUT2D eigenvalue weighted by Crippen LogP contribution is -2.31. The Bertz CT molecular complexity index is 1040. The Morgan fingerprint density at radius 3 is 2.44 bits per heavy atom. The summed E-state index contributed by atoms with van der Waals surface area (Å²) in [5.74, 6) is -1.69. The molecule has 2 aromatic carbocycles. The number of hydrogen-bond acceptors (Lipinski definition) is 6. The number of imide groups is 1. The number of hydrogen-bond donors (Lipinski definition) is 1. The molecule has 32 heavy (non-hydrogen) atoms. The van der Waals surface area contributed by atoms with E-state index in [-0.39, 0.29) is 16.8 Å². The summed E-state index contributed by atoms with van der Waals surface area (Å²) < 4.78 is 10.8. The topological polar surface area (TPSA) is 93.1 Å². The maximum Gasteiger partial charge on any atom is 0.338 e. The SMILES string of the molecule is CCCCOC(=O)c1cccc(N2C(=O)C(O)=C(c3ccc(OCC(C)C)cc3)C2=O)c1. The highest BCUT2D eigenvalue weighted by Gasteiger charge is 2.40. The molecule has 1 heterocycles. The van der Waals surface area contributed by atoms with Crippen LogP contribution in [0.15, 0.2) is 54.3 Å². The fraction of sp³-hybridized carbons (Fsp3) is 0.320. The third-order valence-electron chi connectivity index (χ3n) is 4.86. The highest BCUT2D eigenvalue weighted by molar-refractivity contribution is 6.44. The third-order valence-corrected chi connectivity index (χ3v) is 4.86.